The standard InChI is InChI=1S/C28H20N4O7S2/c33-19-12-6-16(7-13-19)29-20(34)14-30-27-24(41-28(30)37)21(15-4-2-1-3-5-15)22-23(40-27)26(36)31(25(22)35)17-8-10-18(11-9-17)32(38)39/h1-13,21-23,33H,14H2,(H,29,34)/t21-,22?,23?/m1/s1. The summed E-state index contributed by atoms with van der Waals surface area (Å²) in [5.74, 6) is -2.82. The Labute approximate surface area is 240 Å². The molecule has 3 atom stereocenters. The van der Waals surface area contributed by atoms with Crippen molar-refractivity contribution in [3.63, 3.8) is 0 Å². The number of carbonyl (C=O) groups is 3. The van der Waals surface area contributed by atoms with Gasteiger partial charge in [-0.3, -0.25) is 33.9 Å². The molecule has 1 aromatic heterocycles. The van der Waals surface area contributed by atoms with Crippen LogP contribution in [0.3, 0.4) is 0 Å². The fraction of sp³-hybridized carbons (Fsp3) is 0.143. The van der Waals surface area contributed by atoms with Crippen molar-refractivity contribution in [3.05, 3.63) is 109 Å². The predicted molar refractivity (Wildman–Crippen MR) is 152 cm³/mol. The molecule has 206 valence electrons. The topological polar surface area (TPSA) is 152 Å². The van der Waals surface area contributed by atoms with Crippen molar-refractivity contribution in [1.29, 1.82) is 0 Å². The van der Waals surface area contributed by atoms with E-state index in [0.29, 0.717) is 15.6 Å². The monoisotopic (exact) mass is 588 g/mol. The number of hydrogen-bond acceptors (Lipinski definition) is 9. The van der Waals surface area contributed by atoms with Crippen molar-refractivity contribution in [1.82, 2.24) is 4.57 Å². The number of anilines is 2. The molecule has 0 spiro atoms. The number of rotatable bonds is 6. The van der Waals surface area contributed by atoms with Crippen LogP contribution in [-0.4, -0.2) is 37.6 Å². The molecule has 13 heteroatoms. The van der Waals surface area contributed by atoms with E-state index in [1.54, 1.807) is 0 Å². The molecule has 2 N–H and O–H groups in total. The smallest absolute Gasteiger partial charge is 0.308 e. The van der Waals surface area contributed by atoms with Gasteiger partial charge in [0.15, 0.2) is 0 Å². The molecule has 1 saturated heterocycles. The molecule has 11 nitrogen and oxygen atoms in total. The third kappa shape index (κ3) is 4.68. The number of nitrogens with zero attached hydrogens (tertiary/aromatic N) is 3. The minimum atomic E-state index is -0.879. The third-order valence-corrected chi connectivity index (χ3v) is 9.58. The van der Waals surface area contributed by atoms with Gasteiger partial charge in [-0.05, 0) is 42.0 Å². The van der Waals surface area contributed by atoms with Crippen molar-refractivity contribution in [2.45, 2.75) is 22.7 Å². The highest BCUT2D eigenvalue weighted by Gasteiger charge is 2.56. The Morgan fingerprint density at radius 1 is 0.951 bits per heavy atom. The number of phenols is 1. The number of imide groups is 1. The molecule has 0 saturated carbocycles. The SMILES string of the molecule is O=C(Cn1c2c(sc1=O)[C@H](c1ccccc1)C1C(=O)N(c3ccc([N+](=O)[O-])cc3)C(=O)C1S2)Nc1ccc(O)cc1. The van der Waals surface area contributed by atoms with Gasteiger partial charge in [-0.25, -0.2) is 4.90 Å². The number of non-ortho nitro benzene ring substituents is 1. The van der Waals surface area contributed by atoms with E-state index >= 15 is 0 Å². The lowest BCUT2D eigenvalue weighted by molar-refractivity contribution is -0.384. The van der Waals surface area contributed by atoms with Crippen molar-refractivity contribution in [2.24, 2.45) is 5.92 Å². The minimum absolute atomic E-state index is 0.0441. The van der Waals surface area contributed by atoms with Gasteiger partial charge in [-0.15, -0.1) is 0 Å². The van der Waals surface area contributed by atoms with Crippen LogP contribution in [0.1, 0.15) is 16.4 Å². The van der Waals surface area contributed by atoms with Crippen LogP contribution in [0.4, 0.5) is 17.1 Å². The number of amides is 3. The van der Waals surface area contributed by atoms with Crippen molar-refractivity contribution in [2.75, 3.05) is 10.2 Å². The first-order valence-corrected chi connectivity index (χ1v) is 14.1. The number of thiazole rings is 1. The predicted octanol–water partition coefficient (Wildman–Crippen LogP) is 3.96. The van der Waals surface area contributed by atoms with Crippen LogP contribution in [0, 0.1) is 16.0 Å². The summed E-state index contributed by atoms with van der Waals surface area (Å²) in [6, 6.07) is 20.2. The van der Waals surface area contributed by atoms with Gasteiger partial charge in [0.25, 0.3) is 5.69 Å². The summed E-state index contributed by atoms with van der Waals surface area (Å²) < 4.78 is 1.32. The van der Waals surface area contributed by atoms with E-state index in [2.05, 4.69) is 5.32 Å². The van der Waals surface area contributed by atoms with E-state index in [4.69, 9.17) is 0 Å². The zero-order valence-corrected chi connectivity index (χ0v) is 22.6. The number of hydrogen-bond donors (Lipinski definition) is 2. The number of carbonyl (C=O) groups excluding carboxylic acids is 3. The van der Waals surface area contributed by atoms with Gasteiger partial charge in [-0.2, -0.15) is 0 Å². The van der Waals surface area contributed by atoms with Crippen LogP contribution >= 0.6 is 23.1 Å². The first-order chi connectivity index (χ1) is 19.7. The van der Waals surface area contributed by atoms with E-state index in [9.17, 15) is 34.4 Å². The fourth-order valence-electron chi connectivity index (χ4n) is 5.14. The Morgan fingerprint density at radius 2 is 1.63 bits per heavy atom. The van der Waals surface area contributed by atoms with E-state index in [1.807, 2.05) is 30.3 Å². The van der Waals surface area contributed by atoms with E-state index in [-0.39, 0.29) is 23.7 Å². The van der Waals surface area contributed by atoms with Crippen LogP contribution in [0.25, 0.3) is 0 Å². The molecule has 3 amide bonds. The van der Waals surface area contributed by atoms with Crippen molar-refractivity contribution in [3.8, 4) is 5.75 Å². The van der Waals surface area contributed by atoms with Crippen LogP contribution in [0.15, 0.2) is 88.7 Å². The molecule has 4 aromatic rings. The molecule has 6 rings (SSSR count). The van der Waals surface area contributed by atoms with Crippen LogP contribution in [-0.2, 0) is 20.9 Å². The summed E-state index contributed by atoms with van der Waals surface area (Å²) in [4.78, 5) is 65.5. The van der Waals surface area contributed by atoms with E-state index in [1.165, 1.54) is 53.1 Å². The van der Waals surface area contributed by atoms with Gasteiger partial charge in [0, 0.05) is 28.6 Å². The number of benzene rings is 3. The normalized spacial score (nSPS) is 19.5. The third-order valence-electron chi connectivity index (χ3n) is 6.98. The lowest BCUT2D eigenvalue weighted by Crippen LogP contribution is -2.33. The number of nitro benzene ring substituents is 1. The highest BCUT2D eigenvalue weighted by atomic mass is 32.2. The average Bonchev–Trinajstić information content (AvgIpc) is 3.40. The molecule has 3 heterocycles. The van der Waals surface area contributed by atoms with Gasteiger partial charge in [-0.1, -0.05) is 53.4 Å². The summed E-state index contributed by atoms with van der Waals surface area (Å²) in [5.41, 5.74) is 1.24. The summed E-state index contributed by atoms with van der Waals surface area (Å²) in [6.07, 6.45) is 0. The largest absolute Gasteiger partial charge is 0.508 e. The maximum Gasteiger partial charge on any atom is 0.308 e. The average molecular weight is 589 g/mol. The molecule has 0 radical (unpaired) electrons. The van der Waals surface area contributed by atoms with E-state index in [0.717, 1.165) is 33.6 Å². The molecular weight excluding hydrogens is 568 g/mol. The van der Waals surface area contributed by atoms with Gasteiger partial charge in [0.2, 0.25) is 17.7 Å². The van der Waals surface area contributed by atoms with Gasteiger partial charge in [0.05, 0.1) is 21.6 Å². The van der Waals surface area contributed by atoms with Crippen molar-refractivity contribution < 1.29 is 24.4 Å². The Bertz CT molecular complexity index is 1750. The lowest BCUT2D eigenvalue weighted by Gasteiger charge is -2.30. The van der Waals surface area contributed by atoms with E-state index < -0.39 is 44.6 Å². The number of thioether (sulfide) groups is 1. The maximum absolute atomic E-state index is 13.9. The molecular formula is C28H20N4O7S2. The fourth-order valence-corrected chi connectivity index (χ4v) is 7.91. The Hall–Kier alpha value is -4.75. The number of aromatic hydroxyl groups is 1. The quantitative estimate of drug-likeness (QED) is 0.149. The molecule has 0 aliphatic carbocycles. The Kier molecular flexibility index (Phi) is 6.67. The Balaban J connectivity index is 1.38. The summed E-state index contributed by atoms with van der Waals surface area (Å²) in [5, 5.41) is 22.9. The first-order valence-electron chi connectivity index (χ1n) is 12.4. The molecule has 1 fully saturated rings. The highest BCUT2D eigenvalue weighted by Crippen LogP contribution is 2.53. The number of fused-ring (bicyclic) bond motifs is 2. The summed E-state index contributed by atoms with van der Waals surface area (Å²) in [7, 11) is 0. The highest BCUT2D eigenvalue weighted by molar-refractivity contribution is 8.00. The second-order valence-corrected chi connectivity index (χ2v) is 11.6. The van der Waals surface area contributed by atoms with Crippen LogP contribution in [0.2, 0.25) is 0 Å². The maximum atomic E-state index is 13.9. The molecule has 41 heavy (non-hydrogen) atoms. The Morgan fingerprint density at radius 3 is 2.29 bits per heavy atom. The molecule has 3 aromatic carbocycles. The second-order valence-electron chi connectivity index (χ2n) is 9.46. The second kappa shape index (κ2) is 10.3. The summed E-state index contributed by atoms with van der Waals surface area (Å²) >= 11 is 2.02. The zero-order chi connectivity index (χ0) is 28.8. The number of nitro groups is 1. The number of aromatic nitrogens is 1. The molecule has 2 unspecified atom stereocenters. The molecule has 2 aliphatic heterocycles. The number of phenolic OH excluding ortho intramolecular Hbond substituents is 1. The van der Waals surface area contributed by atoms with Crippen molar-refractivity contribution >= 4 is 57.9 Å². The first kappa shape index (κ1) is 26.5. The zero-order valence-electron chi connectivity index (χ0n) is 21.0. The minimum Gasteiger partial charge on any atom is -0.508 e. The summed E-state index contributed by atoms with van der Waals surface area (Å²) in [6.45, 7) is -0.314. The number of nitrogens with one attached hydrogen (secondary N) is 1. The lowest BCUT2D eigenvalue weighted by atomic mass is 9.83. The molecule has 0 bridgehead atoms. The van der Waals surface area contributed by atoms with Crippen LogP contribution in [0.5, 0.6) is 5.75 Å². The van der Waals surface area contributed by atoms with Gasteiger partial charge < -0.3 is 10.4 Å². The van der Waals surface area contributed by atoms with Crippen LogP contribution < -0.4 is 15.1 Å². The molecule has 2 aliphatic rings. The van der Waals surface area contributed by atoms with Gasteiger partial charge >= 0.3 is 4.87 Å². The van der Waals surface area contributed by atoms with Gasteiger partial charge in [0.1, 0.15) is 17.5 Å².